The van der Waals surface area contributed by atoms with Gasteiger partial charge in [0.25, 0.3) is 0 Å². The maximum atomic E-state index is 12.6. The summed E-state index contributed by atoms with van der Waals surface area (Å²) in [5, 5.41) is 0. The third-order valence-corrected chi connectivity index (χ3v) is 9.36. The summed E-state index contributed by atoms with van der Waals surface area (Å²) in [7, 11) is 0. The maximum absolute atomic E-state index is 12.6. The van der Waals surface area contributed by atoms with E-state index in [0.29, 0.717) is 19.3 Å². The Hall–Kier alpha value is -1.59. The highest BCUT2D eigenvalue weighted by Gasteiger charge is 2.19. The molecule has 0 aliphatic rings. The minimum atomic E-state index is -0.755. The molecule has 0 bridgehead atoms. The van der Waals surface area contributed by atoms with Gasteiger partial charge < -0.3 is 14.2 Å². The van der Waals surface area contributed by atoms with Crippen LogP contribution in [0.2, 0.25) is 0 Å². The molecular formula is C42H80O6. The van der Waals surface area contributed by atoms with Gasteiger partial charge >= 0.3 is 17.9 Å². The highest BCUT2D eigenvalue weighted by Crippen LogP contribution is 2.15. The second-order valence-corrected chi connectivity index (χ2v) is 14.3. The van der Waals surface area contributed by atoms with Crippen molar-refractivity contribution in [3.8, 4) is 0 Å². The van der Waals surface area contributed by atoms with Gasteiger partial charge in [0.1, 0.15) is 13.2 Å². The standard InChI is InChI=1S/C42H80O6/c1-4-7-10-13-16-18-19-20-21-22-24-26-29-32-35-41(44)47-38-39(37-46-40(43)34-31-28-25-15-12-9-6-3)48-42(45)36-33-30-27-23-17-14-11-8-5-2/h39H,4-38H2,1-3H3/t39-/m1/s1. The molecule has 6 nitrogen and oxygen atoms in total. The van der Waals surface area contributed by atoms with Crippen LogP contribution in [0.15, 0.2) is 0 Å². The molecule has 0 spiro atoms. The first-order valence-corrected chi connectivity index (χ1v) is 21.0. The SMILES string of the molecule is CCCCCCCCCCCCCCCCC(=O)OC[C@@H](COC(=O)CCCCCCCCC)OC(=O)CCCCCCCCCCC. The van der Waals surface area contributed by atoms with Crippen LogP contribution in [0.3, 0.4) is 0 Å². The molecule has 0 radical (unpaired) electrons. The van der Waals surface area contributed by atoms with Crippen molar-refractivity contribution >= 4 is 17.9 Å². The molecular weight excluding hydrogens is 600 g/mol. The smallest absolute Gasteiger partial charge is 0.306 e. The van der Waals surface area contributed by atoms with E-state index < -0.39 is 6.10 Å². The van der Waals surface area contributed by atoms with Crippen LogP contribution in [-0.2, 0) is 28.6 Å². The first kappa shape index (κ1) is 46.4. The number of carbonyl (C=O) groups is 3. The Morgan fingerprint density at radius 2 is 0.562 bits per heavy atom. The summed E-state index contributed by atoms with van der Waals surface area (Å²) in [6, 6.07) is 0. The van der Waals surface area contributed by atoms with Crippen molar-refractivity contribution in [2.45, 2.75) is 239 Å². The van der Waals surface area contributed by atoms with Crippen molar-refractivity contribution in [3.05, 3.63) is 0 Å². The van der Waals surface area contributed by atoms with Crippen LogP contribution in [-0.4, -0.2) is 37.2 Å². The van der Waals surface area contributed by atoms with E-state index in [9.17, 15) is 14.4 Å². The summed E-state index contributed by atoms with van der Waals surface area (Å²) in [6.07, 6.45) is 36.7. The fourth-order valence-electron chi connectivity index (χ4n) is 6.15. The van der Waals surface area contributed by atoms with Crippen molar-refractivity contribution in [2.75, 3.05) is 13.2 Å². The molecule has 0 aliphatic carbocycles. The van der Waals surface area contributed by atoms with Crippen molar-refractivity contribution in [2.24, 2.45) is 0 Å². The number of rotatable bonds is 38. The van der Waals surface area contributed by atoms with Gasteiger partial charge in [-0.2, -0.15) is 0 Å². The van der Waals surface area contributed by atoms with Crippen molar-refractivity contribution < 1.29 is 28.6 Å². The number of ether oxygens (including phenoxy) is 3. The molecule has 0 unspecified atom stereocenters. The summed E-state index contributed by atoms with van der Waals surface area (Å²) in [4.78, 5) is 37.4. The highest BCUT2D eigenvalue weighted by molar-refractivity contribution is 5.71. The zero-order chi connectivity index (χ0) is 35.2. The molecule has 0 rings (SSSR count). The van der Waals surface area contributed by atoms with Crippen LogP contribution in [0.1, 0.15) is 233 Å². The topological polar surface area (TPSA) is 78.9 Å². The molecule has 0 saturated carbocycles. The predicted molar refractivity (Wildman–Crippen MR) is 201 cm³/mol. The summed E-state index contributed by atoms with van der Waals surface area (Å²) in [5.74, 6) is -0.866. The number of hydrogen-bond acceptors (Lipinski definition) is 6. The number of hydrogen-bond donors (Lipinski definition) is 0. The fraction of sp³-hybridized carbons (Fsp3) is 0.929. The predicted octanol–water partition coefficient (Wildman–Crippen LogP) is 12.9. The normalized spacial score (nSPS) is 11.8. The minimum absolute atomic E-state index is 0.0638. The second kappa shape index (κ2) is 38.2. The highest BCUT2D eigenvalue weighted by atomic mass is 16.6. The van der Waals surface area contributed by atoms with E-state index in [1.807, 2.05) is 0 Å². The third kappa shape index (κ3) is 35.7. The van der Waals surface area contributed by atoms with Crippen molar-refractivity contribution in [1.29, 1.82) is 0 Å². The van der Waals surface area contributed by atoms with Crippen LogP contribution in [0.4, 0.5) is 0 Å². The molecule has 0 aromatic heterocycles. The second-order valence-electron chi connectivity index (χ2n) is 14.3. The lowest BCUT2D eigenvalue weighted by atomic mass is 10.0. The quantitative estimate of drug-likeness (QED) is 0.0367. The molecule has 6 heteroatoms. The lowest BCUT2D eigenvalue weighted by molar-refractivity contribution is -0.167. The zero-order valence-corrected chi connectivity index (χ0v) is 32.3. The Kier molecular flexibility index (Phi) is 36.9. The van der Waals surface area contributed by atoms with Crippen LogP contribution in [0.25, 0.3) is 0 Å². The van der Waals surface area contributed by atoms with Gasteiger partial charge in [0.05, 0.1) is 0 Å². The van der Waals surface area contributed by atoms with E-state index >= 15 is 0 Å². The van der Waals surface area contributed by atoms with Gasteiger partial charge in [-0.3, -0.25) is 14.4 Å². The third-order valence-electron chi connectivity index (χ3n) is 9.36. The Labute approximate surface area is 298 Å². The minimum Gasteiger partial charge on any atom is -0.462 e. The first-order chi connectivity index (χ1) is 23.5. The molecule has 0 fully saturated rings. The van der Waals surface area contributed by atoms with Crippen molar-refractivity contribution in [1.82, 2.24) is 0 Å². The van der Waals surface area contributed by atoms with Crippen LogP contribution in [0.5, 0.6) is 0 Å². The Morgan fingerprint density at radius 3 is 0.833 bits per heavy atom. The summed E-state index contributed by atoms with van der Waals surface area (Å²) in [6.45, 7) is 6.58. The van der Waals surface area contributed by atoms with Crippen LogP contribution < -0.4 is 0 Å². The molecule has 0 aromatic rings. The van der Waals surface area contributed by atoms with E-state index in [1.165, 1.54) is 135 Å². The maximum Gasteiger partial charge on any atom is 0.306 e. The van der Waals surface area contributed by atoms with Gasteiger partial charge in [-0.25, -0.2) is 0 Å². The average molecular weight is 681 g/mol. The zero-order valence-electron chi connectivity index (χ0n) is 32.3. The largest absolute Gasteiger partial charge is 0.462 e. The molecule has 48 heavy (non-hydrogen) atoms. The van der Waals surface area contributed by atoms with Crippen molar-refractivity contribution in [3.63, 3.8) is 0 Å². The summed E-state index contributed by atoms with van der Waals surface area (Å²) in [5.41, 5.74) is 0. The Bertz CT molecular complexity index is 708. The van der Waals surface area contributed by atoms with Gasteiger partial charge in [-0.1, -0.05) is 194 Å². The van der Waals surface area contributed by atoms with Gasteiger partial charge in [-0.15, -0.1) is 0 Å². The van der Waals surface area contributed by atoms with E-state index in [-0.39, 0.29) is 31.1 Å². The molecule has 0 N–H and O–H groups in total. The Morgan fingerprint density at radius 1 is 0.333 bits per heavy atom. The molecule has 0 saturated heterocycles. The van der Waals surface area contributed by atoms with Crippen LogP contribution in [0, 0.1) is 0 Å². The lowest BCUT2D eigenvalue weighted by Crippen LogP contribution is -2.30. The number of carbonyl (C=O) groups excluding carboxylic acids is 3. The van der Waals surface area contributed by atoms with E-state index in [2.05, 4.69) is 20.8 Å². The molecule has 0 aliphatic heterocycles. The Balaban J connectivity index is 4.25. The summed E-state index contributed by atoms with van der Waals surface area (Å²) < 4.78 is 16.6. The average Bonchev–Trinajstić information content (AvgIpc) is 3.08. The monoisotopic (exact) mass is 681 g/mol. The van der Waals surface area contributed by atoms with E-state index in [0.717, 1.165) is 57.8 Å². The van der Waals surface area contributed by atoms with Gasteiger partial charge in [0, 0.05) is 19.3 Å². The molecule has 0 amide bonds. The molecule has 1 atom stereocenters. The molecule has 0 aromatic carbocycles. The fourth-order valence-corrected chi connectivity index (χ4v) is 6.15. The number of unbranched alkanes of at least 4 members (excludes halogenated alkanes) is 27. The first-order valence-electron chi connectivity index (χ1n) is 21.0. The van der Waals surface area contributed by atoms with E-state index in [4.69, 9.17) is 14.2 Å². The lowest BCUT2D eigenvalue weighted by Gasteiger charge is -2.18. The van der Waals surface area contributed by atoms with Gasteiger partial charge in [-0.05, 0) is 19.3 Å². The van der Waals surface area contributed by atoms with Crippen LogP contribution >= 0.6 is 0 Å². The summed E-state index contributed by atoms with van der Waals surface area (Å²) >= 11 is 0. The van der Waals surface area contributed by atoms with E-state index in [1.54, 1.807) is 0 Å². The molecule has 284 valence electrons. The molecule has 0 heterocycles. The van der Waals surface area contributed by atoms with Gasteiger partial charge in [0.2, 0.25) is 0 Å². The number of esters is 3. The van der Waals surface area contributed by atoms with Gasteiger partial charge in [0.15, 0.2) is 6.10 Å².